The van der Waals surface area contributed by atoms with Crippen molar-refractivity contribution in [3.05, 3.63) is 89.4 Å². The van der Waals surface area contributed by atoms with E-state index in [0.29, 0.717) is 18.4 Å². The number of benzene rings is 2. The van der Waals surface area contributed by atoms with Crippen molar-refractivity contribution in [3.63, 3.8) is 0 Å². The van der Waals surface area contributed by atoms with Gasteiger partial charge in [0.05, 0.1) is 5.56 Å². The number of carboxylic acid groups (broad SMARTS) is 1. The van der Waals surface area contributed by atoms with Crippen molar-refractivity contribution in [1.82, 2.24) is 25.2 Å². The van der Waals surface area contributed by atoms with Crippen LogP contribution in [0.4, 0.5) is 0 Å². The number of carboxylic acids is 1. The van der Waals surface area contributed by atoms with Gasteiger partial charge in [0.15, 0.2) is 5.69 Å². The summed E-state index contributed by atoms with van der Waals surface area (Å²) in [6.45, 7) is 5.48. The molecule has 0 radical (unpaired) electrons. The molecule has 3 aromatic heterocycles. The molecule has 4 N–H and O–H groups in total. The number of rotatable bonds is 10. The number of aromatic carboxylic acids is 1. The maximum absolute atomic E-state index is 13.8. The number of hydrogen-bond donors (Lipinski definition) is 4. The average Bonchev–Trinajstić information content (AvgIpc) is 3.63. The summed E-state index contributed by atoms with van der Waals surface area (Å²) < 4.78 is 7.77. The lowest BCUT2D eigenvalue weighted by Gasteiger charge is -2.23. The first kappa shape index (κ1) is 27.7. The van der Waals surface area contributed by atoms with Crippen molar-refractivity contribution in [2.75, 3.05) is 0 Å². The standard InChI is InChI=1S/C31H33N5O5/c1-17(2)13-24(33-28(37)22-15-32-23-11-7-5-10-21(22)23)29(38)34-25(30-35-27(31(39)40)18(3)41-30)14-19-16-36(4)26-12-8-6-9-20(19)26/h5-12,15-17,24-25,32H,13-14H2,1-4H3,(H,33,37)(H,34,38)(H,39,40)/t24-,25+/m0/s1. The van der Waals surface area contributed by atoms with Crippen LogP contribution in [-0.4, -0.2) is 43.5 Å². The Morgan fingerprint density at radius 3 is 2.46 bits per heavy atom. The zero-order valence-corrected chi connectivity index (χ0v) is 23.4. The number of aromatic nitrogens is 3. The Morgan fingerprint density at radius 2 is 1.76 bits per heavy atom. The second-order valence-electron chi connectivity index (χ2n) is 10.7. The molecule has 0 aliphatic rings. The van der Waals surface area contributed by atoms with E-state index in [4.69, 9.17) is 4.42 Å². The van der Waals surface area contributed by atoms with Crippen LogP contribution in [0.25, 0.3) is 21.8 Å². The molecule has 10 heteroatoms. The Balaban J connectivity index is 1.45. The van der Waals surface area contributed by atoms with Gasteiger partial charge in [-0.3, -0.25) is 9.59 Å². The highest BCUT2D eigenvalue weighted by Gasteiger charge is 2.30. The van der Waals surface area contributed by atoms with Gasteiger partial charge < -0.3 is 29.7 Å². The van der Waals surface area contributed by atoms with Gasteiger partial charge in [0.25, 0.3) is 5.91 Å². The van der Waals surface area contributed by atoms with Crippen LogP contribution in [0.15, 0.2) is 65.3 Å². The van der Waals surface area contributed by atoms with Gasteiger partial charge in [0.1, 0.15) is 17.8 Å². The average molecular weight is 556 g/mol. The highest BCUT2D eigenvalue weighted by molar-refractivity contribution is 6.07. The summed E-state index contributed by atoms with van der Waals surface area (Å²) in [5, 5.41) is 17.3. The quantitative estimate of drug-likeness (QED) is 0.193. The van der Waals surface area contributed by atoms with Crippen LogP contribution in [0, 0.1) is 12.8 Å². The molecule has 2 aromatic carbocycles. The number of hydrogen-bond acceptors (Lipinski definition) is 5. The summed E-state index contributed by atoms with van der Waals surface area (Å²) in [6.07, 6.45) is 4.31. The minimum atomic E-state index is -1.21. The predicted molar refractivity (Wildman–Crippen MR) is 155 cm³/mol. The number of nitrogens with one attached hydrogen (secondary N) is 3. The maximum atomic E-state index is 13.8. The molecule has 0 saturated heterocycles. The van der Waals surface area contributed by atoms with E-state index in [1.807, 2.05) is 80.2 Å². The van der Waals surface area contributed by atoms with Crippen molar-refractivity contribution in [2.24, 2.45) is 13.0 Å². The third-order valence-electron chi connectivity index (χ3n) is 7.20. The molecule has 2 amide bonds. The van der Waals surface area contributed by atoms with Crippen molar-refractivity contribution >= 4 is 39.6 Å². The van der Waals surface area contributed by atoms with Gasteiger partial charge in [-0.2, -0.15) is 0 Å². The fourth-order valence-corrected chi connectivity index (χ4v) is 5.24. The SMILES string of the molecule is Cc1oc([C@@H](Cc2cn(C)c3ccccc23)NC(=O)[C@H](CC(C)C)NC(=O)c2c[nH]c3ccccc23)nc1C(=O)O. The van der Waals surface area contributed by atoms with Gasteiger partial charge in [0, 0.05) is 47.7 Å². The van der Waals surface area contributed by atoms with Crippen LogP contribution in [0.2, 0.25) is 0 Å². The summed E-state index contributed by atoms with van der Waals surface area (Å²) >= 11 is 0. The Morgan fingerprint density at radius 1 is 1.05 bits per heavy atom. The fraction of sp³-hybridized carbons (Fsp3) is 0.290. The van der Waals surface area contributed by atoms with Gasteiger partial charge in [-0.05, 0) is 37.0 Å². The van der Waals surface area contributed by atoms with Crippen LogP contribution in [-0.2, 0) is 18.3 Å². The number of nitrogens with zero attached hydrogens (tertiary/aromatic N) is 2. The van der Waals surface area contributed by atoms with Gasteiger partial charge in [0.2, 0.25) is 11.8 Å². The lowest BCUT2D eigenvalue weighted by molar-refractivity contribution is -0.124. The van der Waals surface area contributed by atoms with Crippen molar-refractivity contribution in [2.45, 2.75) is 45.7 Å². The first-order chi connectivity index (χ1) is 19.6. The van der Waals surface area contributed by atoms with Crippen molar-refractivity contribution in [1.29, 1.82) is 0 Å². The number of carbonyl (C=O) groups excluding carboxylic acids is 2. The number of aromatic amines is 1. The molecule has 5 rings (SSSR count). The van der Waals surface area contributed by atoms with Gasteiger partial charge >= 0.3 is 5.97 Å². The highest BCUT2D eigenvalue weighted by Crippen LogP contribution is 2.27. The summed E-state index contributed by atoms with van der Waals surface area (Å²) in [7, 11) is 1.94. The van der Waals surface area contributed by atoms with Crippen LogP contribution in [0.5, 0.6) is 0 Å². The molecule has 5 aromatic rings. The summed E-state index contributed by atoms with van der Waals surface area (Å²) in [4.78, 5) is 46.1. The van der Waals surface area contributed by atoms with E-state index >= 15 is 0 Å². The molecular formula is C31H33N5O5. The third-order valence-corrected chi connectivity index (χ3v) is 7.20. The number of carbonyl (C=O) groups is 3. The maximum Gasteiger partial charge on any atom is 0.358 e. The van der Waals surface area contributed by atoms with E-state index < -0.39 is 24.0 Å². The van der Waals surface area contributed by atoms with Gasteiger partial charge in [-0.15, -0.1) is 0 Å². The molecule has 0 unspecified atom stereocenters. The smallest absolute Gasteiger partial charge is 0.358 e. The zero-order chi connectivity index (χ0) is 29.3. The van der Waals surface area contributed by atoms with Crippen LogP contribution < -0.4 is 10.6 Å². The summed E-state index contributed by atoms with van der Waals surface area (Å²) in [5.74, 6) is -1.65. The molecule has 3 heterocycles. The van der Waals surface area contributed by atoms with E-state index in [-0.39, 0.29) is 29.2 Å². The highest BCUT2D eigenvalue weighted by atomic mass is 16.4. The minimum Gasteiger partial charge on any atom is -0.476 e. The van der Waals surface area contributed by atoms with E-state index in [9.17, 15) is 19.5 Å². The Hall–Kier alpha value is -4.86. The topological polar surface area (TPSA) is 142 Å². The number of H-pyrrole nitrogens is 1. The van der Waals surface area contributed by atoms with E-state index in [1.165, 1.54) is 6.92 Å². The molecule has 0 fully saturated rings. The fourth-order valence-electron chi connectivity index (χ4n) is 5.24. The lowest BCUT2D eigenvalue weighted by Crippen LogP contribution is -2.48. The van der Waals surface area contributed by atoms with E-state index in [0.717, 1.165) is 27.4 Å². The second kappa shape index (κ2) is 11.3. The van der Waals surface area contributed by atoms with E-state index in [1.54, 1.807) is 6.20 Å². The summed E-state index contributed by atoms with van der Waals surface area (Å²) in [5.41, 5.74) is 3.02. The predicted octanol–water partition coefficient (Wildman–Crippen LogP) is 4.90. The number of aryl methyl sites for hydroxylation is 2. The molecule has 212 valence electrons. The number of amides is 2. The monoisotopic (exact) mass is 555 g/mol. The Labute approximate surface area is 236 Å². The second-order valence-corrected chi connectivity index (χ2v) is 10.7. The molecule has 2 atom stereocenters. The molecule has 0 aliphatic heterocycles. The largest absolute Gasteiger partial charge is 0.476 e. The Bertz CT molecular complexity index is 1740. The van der Waals surface area contributed by atoms with Crippen molar-refractivity contribution in [3.8, 4) is 0 Å². The molecule has 0 bridgehead atoms. The molecule has 0 saturated carbocycles. The third kappa shape index (κ3) is 5.72. The summed E-state index contributed by atoms with van der Waals surface area (Å²) in [6, 6.07) is 13.7. The molecule has 10 nitrogen and oxygen atoms in total. The number of fused-ring (bicyclic) bond motifs is 2. The first-order valence-corrected chi connectivity index (χ1v) is 13.5. The zero-order valence-electron chi connectivity index (χ0n) is 23.4. The van der Waals surface area contributed by atoms with Crippen LogP contribution in [0.3, 0.4) is 0 Å². The minimum absolute atomic E-state index is 0.0902. The Kier molecular flexibility index (Phi) is 7.65. The first-order valence-electron chi connectivity index (χ1n) is 13.5. The van der Waals surface area contributed by atoms with E-state index in [2.05, 4.69) is 20.6 Å². The number of para-hydroxylation sites is 2. The van der Waals surface area contributed by atoms with Gasteiger partial charge in [-0.1, -0.05) is 50.2 Å². The molecular weight excluding hydrogens is 522 g/mol. The molecule has 0 spiro atoms. The van der Waals surface area contributed by atoms with Crippen LogP contribution >= 0.6 is 0 Å². The number of oxazole rings is 1. The molecule has 0 aliphatic carbocycles. The lowest BCUT2D eigenvalue weighted by atomic mass is 10.0. The van der Waals surface area contributed by atoms with Crippen LogP contribution in [0.1, 0.15) is 64.4 Å². The molecule has 41 heavy (non-hydrogen) atoms. The van der Waals surface area contributed by atoms with Gasteiger partial charge in [-0.25, -0.2) is 9.78 Å². The van der Waals surface area contributed by atoms with Crippen molar-refractivity contribution < 1.29 is 23.9 Å². The normalized spacial score (nSPS) is 13.0.